The molecule has 0 amide bonds. The largest absolute Gasteiger partial charge is 0.298 e. The second-order valence-corrected chi connectivity index (χ2v) is 9.76. The van der Waals surface area contributed by atoms with Crippen LogP contribution in [0.2, 0.25) is 0 Å². The lowest BCUT2D eigenvalue weighted by atomic mass is 9.80. The van der Waals surface area contributed by atoms with Crippen molar-refractivity contribution in [2.45, 2.75) is 122 Å². The molecular weight excluding hydrogens is 292 g/mol. The first-order valence-corrected chi connectivity index (χ1v) is 10.8. The van der Waals surface area contributed by atoms with Crippen molar-refractivity contribution >= 4 is 0 Å². The molecule has 0 unspecified atom stereocenters. The van der Waals surface area contributed by atoms with E-state index in [9.17, 15) is 0 Å². The number of likely N-dealkylation sites (tertiary alicyclic amines) is 2. The van der Waals surface area contributed by atoms with Crippen molar-refractivity contribution in [2.75, 3.05) is 19.6 Å². The molecule has 2 rings (SSSR count). The van der Waals surface area contributed by atoms with Gasteiger partial charge in [-0.05, 0) is 72.8 Å². The summed E-state index contributed by atoms with van der Waals surface area (Å²) in [6.45, 7) is 18.5. The predicted molar refractivity (Wildman–Crippen MR) is 107 cm³/mol. The maximum Gasteiger partial charge on any atom is 0.0239 e. The van der Waals surface area contributed by atoms with Crippen molar-refractivity contribution < 1.29 is 0 Å². The highest BCUT2D eigenvalue weighted by Gasteiger charge is 2.48. The van der Waals surface area contributed by atoms with E-state index < -0.39 is 0 Å². The quantitative estimate of drug-likeness (QED) is 0.513. The molecule has 2 heteroatoms. The molecule has 0 N–H and O–H groups in total. The summed E-state index contributed by atoms with van der Waals surface area (Å²) in [4.78, 5) is 5.70. The summed E-state index contributed by atoms with van der Waals surface area (Å²) in [5.41, 5.74) is 1.27. The third-order valence-corrected chi connectivity index (χ3v) is 7.38. The Kier molecular flexibility index (Phi) is 6.81. The summed E-state index contributed by atoms with van der Waals surface area (Å²) in [5.74, 6) is 0. The summed E-state index contributed by atoms with van der Waals surface area (Å²) < 4.78 is 0. The molecule has 0 aliphatic carbocycles. The van der Waals surface area contributed by atoms with Crippen LogP contribution >= 0.6 is 0 Å². The van der Waals surface area contributed by atoms with Crippen molar-refractivity contribution in [1.82, 2.24) is 9.80 Å². The summed E-state index contributed by atoms with van der Waals surface area (Å²) in [6.07, 6.45) is 13.8. The molecule has 0 bridgehead atoms. The van der Waals surface area contributed by atoms with E-state index in [1.165, 1.54) is 83.8 Å². The van der Waals surface area contributed by atoms with Gasteiger partial charge in [-0.1, -0.05) is 39.5 Å². The molecule has 0 saturated carbocycles. The maximum atomic E-state index is 2.89. The van der Waals surface area contributed by atoms with Crippen LogP contribution in [0.4, 0.5) is 0 Å². The van der Waals surface area contributed by atoms with Crippen molar-refractivity contribution in [3.63, 3.8) is 0 Å². The van der Waals surface area contributed by atoms with Gasteiger partial charge in [-0.25, -0.2) is 0 Å². The number of rotatable bonds is 8. The highest BCUT2D eigenvalue weighted by molar-refractivity contribution is 5.05. The van der Waals surface area contributed by atoms with Crippen LogP contribution in [0.3, 0.4) is 0 Å². The zero-order chi connectivity index (χ0) is 17.8. The minimum absolute atomic E-state index is 0.369. The van der Waals surface area contributed by atoms with E-state index in [4.69, 9.17) is 0 Å². The van der Waals surface area contributed by atoms with Crippen molar-refractivity contribution in [2.24, 2.45) is 0 Å². The first kappa shape index (κ1) is 20.2. The molecule has 0 radical (unpaired) electrons. The molecule has 0 aromatic rings. The molecule has 2 nitrogen and oxygen atoms in total. The summed E-state index contributed by atoms with van der Waals surface area (Å²) >= 11 is 0. The second-order valence-electron chi connectivity index (χ2n) is 9.76. The fraction of sp³-hybridized carbons (Fsp3) is 1.00. The van der Waals surface area contributed by atoms with Gasteiger partial charge in [0.05, 0.1) is 0 Å². The van der Waals surface area contributed by atoms with Crippen LogP contribution < -0.4 is 0 Å². The SMILES string of the molecule is CCCCCCC(C)(C)N1CCC2(CCCN2C(C)(C)CC)CC1. The van der Waals surface area contributed by atoms with Crippen LogP contribution in [0.25, 0.3) is 0 Å². The molecule has 2 aliphatic heterocycles. The van der Waals surface area contributed by atoms with Gasteiger partial charge in [0.1, 0.15) is 0 Å². The third kappa shape index (κ3) is 4.36. The van der Waals surface area contributed by atoms with E-state index in [0.29, 0.717) is 16.6 Å². The number of hydrogen-bond acceptors (Lipinski definition) is 2. The topological polar surface area (TPSA) is 6.48 Å². The molecule has 0 atom stereocenters. The van der Waals surface area contributed by atoms with Gasteiger partial charge in [0.2, 0.25) is 0 Å². The molecule has 24 heavy (non-hydrogen) atoms. The van der Waals surface area contributed by atoms with Crippen LogP contribution in [0.5, 0.6) is 0 Å². The van der Waals surface area contributed by atoms with Crippen LogP contribution in [-0.2, 0) is 0 Å². The lowest BCUT2D eigenvalue weighted by Crippen LogP contribution is -2.61. The molecule has 142 valence electrons. The van der Waals surface area contributed by atoms with Gasteiger partial charge in [0, 0.05) is 29.7 Å². The first-order chi connectivity index (χ1) is 11.3. The molecule has 0 aromatic heterocycles. The number of hydrogen-bond donors (Lipinski definition) is 0. The van der Waals surface area contributed by atoms with E-state index in [1.807, 2.05) is 0 Å². The zero-order valence-corrected chi connectivity index (χ0v) is 17.6. The van der Waals surface area contributed by atoms with E-state index in [1.54, 1.807) is 0 Å². The average molecular weight is 337 g/mol. The average Bonchev–Trinajstić information content (AvgIpc) is 2.96. The Hall–Kier alpha value is -0.0800. The number of unbranched alkanes of at least 4 members (excludes halogenated alkanes) is 3. The second kappa shape index (κ2) is 8.08. The standard InChI is InChI=1S/C22H44N2/c1-7-9-10-11-13-21(5,6)23-18-15-22(16-19-23)14-12-17-24(22)20(3,4)8-2/h7-19H2,1-6H3. The van der Waals surface area contributed by atoms with Crippen LogP contribution in [-0.4, -0.2) is 46.1 Å². The third-order valence-electron chi connectivity index (χ3n) is 7.38. The molecule has 0 aromatic carbocycles. The molecular formula is C22H44N2. The smallest absolute Gasteiger partial charge is 0.0239 e. The van der Waals surface area contributed by atoms with Crippen LogP contribution in [0.1, 0.15) is 106 Å². The van der Waals surface area contributed by atoms with Gasteiger partial charge >= 0.3 is 0 Å². The Bertz CT molecular complexity index is 377. The van der Waals surface area contributed by atoms with Gasteiger partial charge in [0.25, 0.3) is 0 Å². The van der Waals surface area contributed by atoms with Crippen molar-refractivity contribution in [3.8, 4) is 0 Å². The van der Waals surface area contributed by atoms with Crippen LogP contribution in [0, 0.1) is 0 Å². The highest BCUT2D eigenvalue weighted by atomic mass is 15.3. The minimum atomic E-state index is 0.369. The van der Waals surface area contributed by atoms with Gasteiger partial charge in [-0.3, -0.25) is 9.80 Å². The number of nitrogens with zero attached hydrogens (tertiary/aromatic N) is 2. The molecule has 2 saturated heterocycles. The normalized spacial score (nSPS) is 23.2. The monoisotopic (exact) mass is 336 g/mol. The first-order valence-electron chi connectivity index (χ1n) is 10.8. The molecule has 2 heterocycles. The Morgan fingerprint density at radius 2 is 1.46 bits per heavy atom. The van der Waals surface area contributed by atoms with E-state index in [2.05, 4.69) is 51.3 Å². The van der Waals surface area contributed by atoms with Crippen molar-refractivity contribution in [3.05, 3.63) is 0 Å². The number of piperidine rings is 1. The summed E-state index contributed by atoms with van der Waals surface area (Å²) in [5, 5.41) is 0. The molecule has 2 aliphatic rings. The Balaban J connectivity index is 1.92. The highest BCUT2D eigenvalue weighted by Crippen LogP contribution is 2.44. The molecule has 1 spiro atoms. The predicted octanol–water partition coefficient (Wildman–Crippen LogP) is 5.85. The summed E-state index contributed by atoms with van der Waals surface area (Å²) in [6, 6.07) is 0. The molecule has 2 fully saturated rings. The van der Waals surface area contributed by atoms with Crippen molar-refractivity contribution in [1.29, 1.82) is 0 Å². The lowest BCUT2D eigenvalue weighted by molar-refractivity contribution is -0.0353. The van der Waals surface area contributed by atoms with E-state index in [0.717, 1.165) is 0 Å². The fourth-order valence-electron chi connectivity index (χ4n) is 5.26. The van der Waals surface area contributed by atoms with E-state index >= 15 is 0 Å². The van der Waals surface area contributed by atoms with E-state index in [-0.39, 0.29) is 0 Å². The van der Waals surface area contributed by atoms with Gasteiger partial charge in [0.15, 0.2) is 0 Å². The maximum absolute atomic E-state index is 2.89. The van der Waals surface area contributed by atoms with Crippen LogP contribution in [0.15, 0.2) is 0 Å². The van der Waals surface area contributed by atoms with Gasteiger partial charge in [-0.15, -0.1) is 0 Å². The minimum Gasteiger partial charge on any atom is -0.298 e. The Labute approximate surface area is 152 Å². The van der Waals surface area contributed by atoms with Gasteiger partial charge in [-0.2, -0.15) is 0 Å². The fourth-order valence-corrected chi connectivity index (χ4v) is 5.26. The zero-order valence-electron chi connectivity index (χ0n) is 17.6. The Morgan fingerprint density at radius 3 is 2.04 bits per heavy atom. The van der Waals surface area contributed by atoms with Gasteiger partial charge < -0.3 is 0 Å². The Morgan fingerprint density at radius 1 is 0.792 bits per heavy atom. The summed E-state index contributed by atoms with van der Waals surface area (Å²) in [7, 11) is 0. The lowest BCUT2D eigenvalue weighted by Gasteiger charge is -2.53.